The van der Waals surface area contributed by atoms with Gasteiger partial charge in [-0.1, -0.05) is 12.1 Å². The van der Waals surface area contributed by atoms with Crippen LogP contribution in [-0.2, 0) is 17.8 Å². The van der Waals surface area contributed by atoms with Gasteiger partial charge in [-0.25, -0.2) is 0 Å². The van der Waals surface area contributed by atoms with E-state index in [-0.39, 0.29) is 17.7 Å². The maximum absolute atomic E-state index is 13.0. The topological polar surface area (TPSA) is 66.2 Å². The zero-order chi connectivity index (χ0) is 21.2. The molecule has 31 heavy (non-hydrogen) atoms. The van der Waals surface area contributed by atoms with Crippen molar-refractivity contribution >= 4 is 11.8 Å². The van der Waals surface area contributed by atoms with Crippen LogP contribution in [0.15, 0.2) is 41.0 Å². The zero-order valence-electron chi connectivity index (χ0n) is 17.8. The molecule has 164 valence electrons. The molecule has 1 aromatic heterocycles. The van der Waals surface area contributed by atoms with E-state index in [9.17, 15) is 9.59 Å². The van der Waals surface area contributed by atoms with Gasteiger partial charge in [0.25, 0.3) is 5.91 Å². The summed E-state index contributed by atoms with van der Waals surface area (Å²) in [7, 11) is 0. The van der Waals surface area contributed by atoms with Gasteiger partial charge in [0.1, 0.15) is 5.75 Å². The first-order valence-electron chi connectivity index (χ1n) is 11.3. The Balaban J connectivity index is 1.08. The second kappa shape index (κ2) is 8.75. The molecule has 2 aromatic rings. The molecule has 2 fully saturated rings. The molecule has 7 nitrogen and oxygen atoms in total. The number of piperazine rings is 1. The largest absolute Gasteiger partial charge is 0.493 e. The summed E-state index contributed by atoms with van der Waals surface area (Å²) < 4.78 is 10.8. The first-order chi connectivity index (χ1) is 15.2. The molecule has 0 atom stereocenters. The minimum atomic E-state index is -0.0809. The zero-order valence-corrected chi connectivity index (χ0v) is 17.8. The summed E-state index contributed by atoms with van der Waals surface area (Å²) in [5.41, 5.74) is 2.63. The summed E-state index contributed by atoms with van der Waals surface area (Å²) in [4.78, 5) is 31.7. The number of fused-ring (bicyclic) bond motifs is 1. The molecule has 0 spiro atoms. The van der Waals surface area contributed by atoms with Gasteiger partial charge in [0.05, 0.1) is 12.9 Å². The molecule has 3 aliphatic rings. The second-order valence-electron chi connectivity index (χ2n) is 8.69. The van der Waals surface area contributed by atoms with E-state index in [4.69, 9.17) is 9.15 Å². The lowest BCUT2D eigenvalue weighted by molar-refractivity contribution is -0.138. The van der Waals surface area contributed by atoms with E-state index in [1.807, 2.05) is 4.90 Å². The number of furan rings is 1. The molecule has 2 amide bonds. The van der Waals surface area contributed by atoms with Gasteiger partial charge in [-0.15, -0.1) is 0 Å². The van der Waals surface area contributed by atoms with Gasteiger partial charge in [0.15, 0.2) is 5.76 Å². The molecule has 7 heteroatoms. The first kappa shape index (κ1) is 20.1. The van der Waals surface area contributed by atoms with E-state index >= 15 is 0 Å². The second-order valence-corrected chi connectivity index (χ2v) is 8.69. The Morgan fingerprint density at radius 1 is 0.968 bits per heavy atom. The molecule has 0 saturated carbocycles. The number of hydrogen-bond donors (Lipinski definition) is 0. The highest BCUT2D eigenvalue weighted by Crippen LogP contribution is 2.27. The summed E-state index contributed by atoms with van der Waals surface area (Å²) in [6.07, 6.45) is 3.96. The Morgan fingerprint density at radius 3 is 2.52 bits per heavy atom. The predicted octanol–water partition coefficient (Wildman–Crippen LogP) is 2.41. The van der Waals surface area contributed by atoms with Gasteiger partial charge in [-0.05, 0) is 42.2 Å². The van der Waals surface area contributed by atoms with Crippen molar-refractivity contribution in [1.82, 2.24) is 14.7 Å². The van der Waals surface area contributed by atoms with E-state index < -0.39 is 0 Å². The average molecular weight is 424 g/mol. The highest BCUT2D eigenvalue weighted by Gasteiger charge is 2.32. The lowest BCUT2D eigenvalue weighted by atomic mass is 9.94. The SMILES string of the molecule is O=C(c1ccco1)N1CCC(C(=O)N2CCN(Cc3ccc4c(c3)CCO4)CC2)CC1. The number of carbonyl (C=O) groups excluding carboxylic acids is 2. The third-order valence-electron chi connectivity index (χ3n) is 6.71. The molecular formula is C24H29N3O4. The van der Waals surface area contributed by atoms with Crippen molar-refractivity contribution in [2.24, 2.45) is 5.92 Å². The molecule has 0 bridgehead atoms. The van der Waals surface area contributed by atoms with Crippen molar-refractivity contribution in [3.05, 3.63) is 53.5 Å². The molecule has 0 aliphatic carbocycles. The monoisotopic (exact) mass is 423 g/mol. The van der Waals surface area contributed by atoms with Gasteiger partial charge in [0, 0.05) is 58.2 Å². The van der Waals surface area contributed by atoms with Gasteiger partial charge in [-0.2, -0.15) is 0 Å². The molecule has 0 unspecified atom stereocenters. The van der Waals surface area contributed by atoms with Crippen LogP contribution >= 0.6 is 0 Å². The fraction of sp³-hybridized carbons (Fsp3) is 0.500. The maximum Gasteiger partial charge on any atom is 0.289 e. The van der Waals surface area contributed by atoms with Crippen molar-refractivity contribution in [3.8, 4) is 5.75 Å². The predicted molar refractivity (Wildman–Crippen MR) is 115 cm³/mol. The van der Waals surface area contributed by atoms with Gasteiger partial charge >= 0.3 is 0 Å². The summed E-state index contributed by atoms with van der Waals surface area (Å²) in [6, 6.07) is 9.91. The van der Waals surface area contributed by atoms with Crippen LogP contribution in [0.25, 0.3) is 0 Å². The van der Waals surface area contributed by atoms with Crippen LogP contribution in [0.2, 0.25) is 0 Å². The number of ether oxygens (including phenoxy) is 1. The minimum absolute atomic E-state index is 0.0175. The first-order valence-corrected chi connectivity index (χ1v) is 11.3. The lowest BCUT2D eigenvalue weighted by Crippen LogP contribution is -2.51. The van der Waals surface area contributed by atoms with Crippen LogP contribution in [0.1, 0.15) is 34.5 Å². The molecule has 1 aromatic carbocycles. The average Bonchev–Trinajstić information content (AvgIpc) is 3.51. The number of piperidine rings is 1. The Kier molecular flexibility index (Phi) is 5.68. The van der Waals surface area contributed by atoms with E-state index in [0.717, 1.165) is 64.3 Å². The molecule has 4 heterocycles. The van der Waals surface area contributed by atoms with Crippen molar-refractivity contribution in [1.29, 1.82) is 0 Å². The lowest BCUT2D eigenvalue weighted by Gasteiger charge is -2.38. The Morgan fingerprint density at radius 2 is 1.77 bits per heavy atom. The fourth-order valence-electron chi connectivity index (χ4n) is 4.87. The van der Waals surface area contributed by atoms with Crippen molar-refractivity contribution in [2.75, 3.05) is 45.9 Å². The maximum atomic E-state index is 13.0. The minimum Gasteiger partial charge on any atom is -0.493 e. The summed E-state index contributed by atoms with van der Waals surface area (Å²) in [5.74, 6) is 1.58. The third-order valence-corrected chi connectivity index (χ3v) is 6.71. The quantitative estimate of drug-likeness (QED) is 0.756. The molecule has 5 rings (SSSR count). The normalized spacial score (nSPS) is 19.9. The van der Waals surface area contributed by atoms with Gasteiger partial charge in [0.2, 0.25) is 5.91 Å². The van der Waals surface area contributed by atoms with Crippen LogP contribution in [0.3, 0.4) is 0 Å². The number of likely N-dealkylation sites (tertiary alicyclic amines) is 1. The van der Waals surface area contributed by atoms with Crippen molar-refractivity contribution < 1.29 is 18.7 Å². The highest BCUT2D eigenvalue weighted by atomic mass is 16.5. The van der Waals surface area contributed by atoms with E-state index in [0.29, 0.717) is 18.8 Å². The van der Waals surface area contributed by atoms with Crippen molar-refractivity contribution in [2.45, 2.75) is 25.8 Å². The van der Waals surface area contributed by atoms with E-state index in [2.05, 4.69) is 23.1 Å². The number of hydrogen-bond acceptors (Lipinski definition) is 5. The smallest absolute Gasteiger partial charge is 0.289 e. The van der Waals surface area contributed by atoms with Crippen LogP contribution < -0.4 is 4.74 Å². The molecule has 2 saturated heterocycles. The molecule has 0 N–H and O–H groups in total. The van der Waals surface area contributed by atoms with Crippen LogP contribution in [0, 0.1) is 5.92 Å². The van der Waals surface area contributed by atoms with Gasteiger partial charge < -0.3 is 19.0 Å². The summed E-state index contributed by atoms with van der Waals surface area (Å²) >= 11 is 0. The highest BCUT2D eigenvalue weighted by molar-refractivity contribution is 5.91. The number of rotatable bonds is 4. The standard InChI is InChI=1S/C24H29N3O4/c28-23(19-5-8-26(9-6-19)24(29)22-2-1-14-30-22)27-12-10-25(11-13-27)17-18-3-4-21-20(16-18)7-15-31-21/h1-4,14,16,19H,5-13,15,17H2. The summed E-state index contributed by atoms with van der Waals surface area (Å²) in [5, 5.41) is 0. The van der Waals surface area contributed by atoms with Crippen LogP contribution in [0.4, 0.5) is 0 Å². The Hall–Kier alpha value is -2.80. The Labute approximate surface area is 182 Å². The number of amides is 2. The van der Waals surface area contributed by atoms with Gasteiger partial charge in [-0.3, -0.25) is 14.5 Å². The molecule has 3 aliphatic heterocycles. The van der Waals surface area contributed by atoms with Crippen molar-refractivity contribution in [3.63, 3.8) is 0 Å². The van der Waals surface area contributed by atoms with E-state index in [1.54, 1.807) is 17.0 Å². The Bertz CT molecular complexity index is 926. The van der Waals surface area contributed by atoms with Crippen LogP contribution in [0.5, 0.6) is 5.75 Å². The van der Waals surface area contributed by atoms with Crippen LogP contribution in [-0.4, -0.2) is 72.4 Å². The fourth-order valence-corrected chi connectivity index (χ4v) is 4.87. The molecular weight excluding hydrogens is 394 g/mol. The third kappa shape index (κ3) is 4.32. The summed E-state index contributed by atoms with van der Waals surface area (Å²) in [6.45, 7) is 6.27. The number of carbonyl (C=O) groups is 2. The number of benzene rings is 1. The van der Waals surface area contributed by atoms with E-state index in [1.165, 1.54) is 17.4 Å². The molecule has 0 radical (unpaired) electrons. The number of nitrogens with zero attached hydrogens (tertiary/aromatic N) is 3.